The van der Waals surface area contributed by atoms with Crippen LogP contribution in [0.1, 0.15) is 10.4 Å². The van der Waals surface area contributed by atoms with Crippen molar-refractivity contribution in [2.75, 3.05) is 32.1 Å². The first-order chi connectivity index (χ1) is 14.4. The summed E-state index contributed by atoms with van der Waals surface area (Å²) in [5.74, 6) is -0.144. The van der Waals surface area contributed by atoms with Gasteiger partial charge in [0.25, 0.3) is 5.91 Å². The molecule has 30 heavy (non-hydrogen) atoms. The van der Waals surface area contributed by atoms with Gasteiger partial charge >= 0.3 is 0 Å². The van der Waals surface area contributed by atoms with Gasteiger partial charge in [-0.15, -0.1) is 0 Å². The topological polar surface area (TPSA) is 118 Å². The number of sulfonamides is 1. The van der Waals surface area contributed by atoms with Gasteiger partial charge in [0.15, 0.2) is 5.13 Å². The number of amides is 2. The number of methoxy groups -OCH3 is 1. The highest BCUT2D eigenvalue weighted by molar-refractivity contribution is 7.89. The fourth-order valence-electron chi connectivity index (χ4n) is 3.02. The molecule has 0 aliphatic carbocycles. The van der Waals surface area contributed by atoms with E-state index in [1.807, 2.05) is 6.07 Å². The Kier molecular flexibility index (Phi) is 5.41. The minimum Gasteiger partial charge on any atom is -0.497 e. The van der Waals surface area contributed by atoms with E-state index in [2.05, 4.69) is 15.6 Å². The molecule has 4 rings (SSSR count). The number of rotatable bonds is 5. The van der Waals surface area contributed by atoms with Crippen LogP contribution in [0, 0.1) is 0 Å². The number of benzene rings is 2. The summed E-state index contributed by atoms with van der Waals surface area (Å²) in [5, 5.41) is 5.69. The highest BCUT2D eigenvalue weighted by Crippen LogP contribution is 2.29. The number of nitrogens with zero attached hydrogens (tertiary/aromatic N) is 2. The number of aromatic nitrogens is 1. The zero-order valence-corrected chi connectivity index (χ0v) is 17.5. The van der Waals surface area contributed by atoms with Crippen LogP contribution in [0.25, 0.3) is 10.2 Å². The lowest BCUT2D eigenvalue weighted by atomic mass is 10.2. The van der Waals surface area contributed by atoms with Gasteiger partial charge in [0.05, 0.1) is 28.8 Å². The molecular weight excluding hydrogens is 428 g/mol. The van der Waals surface area contributed by atoms with Crippen LogP contribution in [0.15, 0.2) is 47.4 Å². The first-order valence-corrected chi connectivity index (χ1v) is 11.3. The van der Waals surface area contributed by atoms with Crippen molar-refractivity contribution in [3.05, 3.63) is 48.0 Å². The number of fused-ring (bicyclic) bond motifs is 1. The summed E-state index contributed by atoms with van der Waals surface area (Å²) >= 11 is 1.29. The Labute approximate surface area is 176 Å². The van der Waals surface area contributed by atoms with Crippen LogP contribution in [0.4, 0.5) is 5.13 Å². The van der Waals surface area contributed by atoms with Crippen molar-refractivity contribution in [3.63, 3.8) is 0 Å². The maximum absolute atomic E-state index is 12.8. The molecule has 0 bridgehead atoms. The molecule has 0 spiro atoms. The summed E-state index contributed by atoms with van der Waals surface area (Å²) in [6.45, 7) is 0.189. The molecule has 2 amide bonds. The molecule has 11 heteroatoms. The first-order valence-electron chi connectivity index (χ1n) is 9.00. The third kappa shape index (κ3) is 3.99. The summed E-state index contributed by atoms with van der Waals surface area (Å²) in [6.07, 6.45) is 0. The van der Waals surface area contributed by atoms with Gasteiger partial charge < -0.3 is 10.1 Å². The monoisotopic (exact) mass is 446 g/mol. The Hall–Kier alpha value is -3.02. The SMILES string of the molecule is COc1ccc2nc(NC(=O)c3cccc(S(=O)(=O)N4CCNC(=O)C4)c3)sc2c1. The number of hydrogen-bond donors (Lipinski definition) is 2. The Morgan fingerprint density at radius 3 is 2.87 bits per heavy atom. The Morgan fingerprint density at radius 2 is 2.10 bits per heavy atom. The van der Waals surface area contributed by atoms with E-state index in [-0.39, 0.29) is 36.0 Å². The van der Waals surface area contributed by atoms with Gasteiger partial charge in [-0.05, 0) is 36.4 Å². The van der Waals surface area contributed by atoms with Gasteiger partial charge in [-0.25, -0.2) is 13.4 Å². The average molecular weight is 447 g/mol. The maximum atomic E-state index is 12.8. The lowest BCUT2D eigenvalue weighted by Crippen LogP contribution is -2.49. The molecule has 3 aromatic rings. The molecule has 1 fully saturated rings. The summed E-state index contributed by atoms with van der Waals surface area (Å²) < 4.78 is 32.8. The Morgan fingerprint density at radius 1 is 1.27 bits per heavy atom. The van der Waals surface area contributed by atoms with E-state index in [4.69, 9.17) is 4.74 Å². The fourth-order valence-corrected chi connectivity index (χ4v) is 5.35. The van der Waals surface area contributed by atoms with Gasteiger partial charge in [-0.3, -0.25) is 14.9 Å². The molecule has 1 aliphatic rings. The van der Waals surface area contributed by atoms with Crippen LogP contribution in [0.5, 0.6) is 5.75 Å². The quantitative estimate of drug-likeness (QED) is 0.616. The predicted octanol–water partition coefficient (Wildman–Crippen LogP) is 1.68. The number of anilines is 1. The molecular formula is C19H18N4O5S2. The lowest BCUT2D eigenvalue weighted by Gasteiger charge is -2.26. The largest absolute Gasteiger partial charge is 0.497 e. The standard InChI is InChI=1S/C19H18N4O5S2/c1-28-13-5-6-15-16(10-13)29-19(21-15)22-18(25)12-3-2-4-14(9-12)30(26,27)23-8-7-20-17(24)11-23/h2-6,9-10H,7-8,11H2,1H3,(H,20,24)(H,21,22,25). The van der Waals surface area contributed by atoms with Crippen LogP contribution >= 0.6 is 11.3 Å². The molecule has 1 aliphatic heterocycles. The summed E-state index contributed by atoms with van der Waals surface area (Å²) in [6, 6.07) is 11.1. The molecule has 2 heterocycles. The van der Waals surface area contributed by atoms with Crippen LogP contribution < -0.4 is 15.4 Å². The highest BCUT2D eigenvalue weighted by atomic mass is 32.2. The molecule has 9 nitrogen and oxygen atoms in total. The lowest BCUT2D eigenvalue weighted by molar-refractivity contribution is -0.122. The van der Waals surface area contributed by atoms with Crippen molar-refractivity contribution in [2.45, 2.75) is 4.90 Å². The van der Waals surface area contributed by atoms with Crippen molar-refractivity contribution in [3.8, 4) is 5.75 Å². The third-order valence-corrected chi connectivity index (χ3v) is 7.33. The molecule has 2 N–H and O–H groups in total. The second-order valence-electron chi connectivity index (χ2n) is 6.52. The molecule has 0 saturated carbocycles. The van der Waals surface area contributed by atoms with Crippen molar-refractivity contribution < 1.29 is 22.7 Å². The van der Waals surface area contributed by atoms with E-state index in [9.17, 15) is 18.0 Å². The highest BCUT2D eigenvalue weighted by Gasteiger charge is 2.29. The Balaban J connectivity index is 1.56. The number of hydrogen-bond acceptors (Lipinski definition) is 7. The van der Waals surface area contributed by atoms with E-state index in [1.165, 1.54) is 35.6 Å². The molecule has 0 radical (unpaired) electrons. The molecule has 0 unspecified atom stereocenters. The van der Waals surface area contributed by atoms with Crippen LogP contribution in [-0.2, 0) is 14.8 Å². The van der Waals surface area contributed by atoms with E-state index < -0.39 is 15.9 Å². The van der Waals surface area contributed by atoms with Crippen LogP contribution in [0.3, 0.4) is 0 Å². The number of ether oxygens (including phenoxy) is 1. The van der Waals surface area contributed by atoms with E-state index >= 15 is 0 Å². The van der Waals surface area contributed by atoms with Crippen molar-refractivity contribution in [1.82, 2.24) is 14.6 Å². The normalized spacial score (nSPS) is 15.0. The van der Waals surface area contributed by atoms with Crippen molar-refractivity contribution in [2.24, 2.45) is 0 Å². The van der Waals surface area contributed by atoms with E-state index in [1.54, 1.807) is 19.2 Å². The van der Waals surface area contributed by atoms with E-state index in [0.717, 1.165) is 14.5 Å². The number of thiazole rings is 1. The van der Waals surface area contributed by atoms with Crippen molar-refractivity contribution in [1.29, 1.82) is 0 Å². The van der Waals surface area contributed by atoms with Gasteiger partial charge in [0.1, 0.15) is 5.75 Å². The van der Waals surface area contributed by atoms with E-state index in [0.29, 0.717) is 10.9 Å². The first kappa shape index (κ1) is 20.3. The molecule has 1 saturated heterocycles. The second-order valence-corrected chi connectivity index (χ2v) is 9.49. The zero-order chi connectivity index (χ0) is 21.3. The average Bonchev–Trinajstić information content (AvgIpc) is 3.15. The summed E-state index contributed by atoms with van der Waals surface area (Å²) in [7, 11) is -2.31. The maximum Gasteiger partial charge on any atom is 0.257 e. The minimum absolute atomic E-state index is 0.0427. The zero-order valence-electron chi connectivity index (χ0n) is 15.9. The van der Waals surface area contributed by atoms with Gasteiger partial charge in [-0.2, -0.15) is 4.31 Å². The van der Waals surface area contributed by atoms with Gasteiger partial charge in [0.2, 0.25) is 15.9 Å². The smallest absolute Gasteiger partial charge is 0.257 e. The molecule has 2 aromatic carbocycles. The number of carbonyl (C=O) groups excluding carboxylic acids is 2. The van der Waals surface area contributed by atoms with Crippen LogP contribution in [0.2, 0.25) is 0 Å². The Bertz CT molecular complexity index is 1240. The van der Waals surface area contributed by atoms with Gasteiger partial charge in [0, 0.05) is 18.7 Å². The second kappa shape index (κ2) is 8.01. The summed E-state index contributed by atoms with van der Waals surface area (Å²) in [4.78, 5) is 28.6. The van der Waals surface area contributed by atoms with Gasteiger partial charge in [-0.1, -0.05) is 17.4 Å². The molecule has 156 valence electrons. The number of carbonyl (C=O) groups is 2. The molecule has 0 atom stereocenters. The fraction of sp³-hybridized carbons (Fsp3) is 0.211. The van der Waals surface area contributed by atoms with Crippen LogP contribution in [-0.4, -0.2) is 56.3 Å². The van der Waals surface area contributed by atoms with Crippen molar-refractivity contribution >= 4 is 48.5 Å². The number of piperazine rings is 1. The predicted molar refractivity (Wildman–Crippen MR) is 112 cm³/mol. The molecule has 1 aromatic heterocycles. The number of nitrogens with one attached hydrogen (secondary N) is 2. The third-order valence-electron chi connectivity index (χ3n) is 4.55. The minimum atomic E-state index is -3.89. The summed E-state index contributed by atoms with van der Waals surface area (Å²) in [5.41, 5.74) is 0.894.